The van der Waals surface area contributed by atoms with Gasteiger partial charge in [0.1, 0.15) is 12.1 Å². The van der Waals surface area contributed by atoms with Crippen molar-refractivity contribution in [1.29, 1.82) is 0 Å². The molecule has 0 unspecified atom stereocenters. The average molecular weight is 456 g/mol. The maximum atomic E-state index is 14.5. The van der Waals surface area contributed by atoms with E-state index in [0.717, 1.165) is 17.0 Å². The highest BCUT2D eigenvalue weighted by Gasteiger charge is 2.40. The first-order valence-corrected chi connectivity index (χ1v) is 9.64. The number of nitrogens with one attached hydrogen (secondary N) is 1. The van der Waals surface area contributed by atoms with Crippen molar-refractivity contribution >= 4 is 11.6 Å². The van der Waals surface area contributed by atoms with Crippen molar-refractivity contribution in [3.05, 3.63) is 96.1 Å². The number of benzene rings is 2. The number of pyridine rings is 1. The zero-order valence-corrected chi connectivity index (χ0v) is 17.1. The van der Waals surface area contributed by atoms with Crippen LogP contribution in [-0.2, 0) is 6.18 Å². The fourth-order valence-electron chi connectivity index (χ4n) is 3.13. The molecule has 1 amide bonds. The number of anilines is 1. The Hall–Kier alpha value is -4.21. The maximum Gasteiger partial charge on any atom is 0.434 e. The molecule has 0 aliphatic heterocycles. The van der Waals surface area contributed by atoms with E-state index in [-0.39, 0.29) is 17.1 Å². The summed E-state index contributed by atoms with van der Waals surface area (Å²) in [4.78, 5) is 20.3. The molecule has 10 heteroatoms. The van der Waals surface area contributed by atoms with Crippen LogP contribution in [0.2, 0.25) is 0 Å². The molecule has 0 bridgehead atoms. The smallest absolute Gasteiger partial charge is 0.434 e. The van der Waals surface area contributed by atoms with Crippen molar-refractivity contribution in [2.24, 2.45) is 0 Å². The van der Waals surface area contributed by atoms with Crippen LogP contribution in [0.1, 0.15) is 21.9 Å². The lowest BCUT2D eigenvalue weighted by molar-refractivity contribution is -0.142. The third-order valence-electron chi connectivity index (χ3n) is 4.57. The lowest BCUT2D eigenvalue weighted by Gasteiger charge is -2.13. The summed E-state index contributed by atoms with van der Waals surface area (Å²) >= 11 is 0. The first kappa shape index (κ1) is 22.0. The van der Waals surface area contributed by atoms with Gasteiger partial charge in [0.25, 0.3) is 5.91 Å². The summed E-state index contributed by atoms with van der Waals surface area (Å²) in [6.45, 7) is 1.75. The van der Waals surface area contributed by atoms with Gasteiger partial charge in [-0.1, -0.05) is 18.2 Å². The van der Waals surface area contributed by atoms with Crippen molar-refractivity contribution in [2.75, 3.05) is 5.32 Å². The monoisotopic (exact) mass is 456 g/mol. The van der Waals surface area contributed by atoms with E-state index in [0.29, 0.717) is 11.4 Å². The number of halogens is 4. The summed E-state index contributed by atoms with van der Waals surface area (Å²) in [6.07, 6.45) is -2.43. The molecule has 0 saturated heterocycles. The third-order valence-corrected chi connectivity index (χ3v) is 4.57. The van der Waals surface area contributed by atoms with E-state index in [1.54, 1.807) is 37.3 Å². The molecule has 6 nitrogen and oxygen atoms in total. The third kappa shape index (κ3) is 4.84. The molecule has 4 rings (SSSR count). The van der Waals surface area contributed by atoms with Crippen molar-refractivity contribution in [3.8, 4) is 17.2 Å². The van der Waals surface area contributed by atoms with Gasteiger partial charge in [0.05, 0.1) is 0 Å². The number of carbonyl (C=O) groups excluding carboxylic acids is 1. The molecule has 2 heterocycles. The van der Waals surface area contributed by atoms with Gasteiger partial charge < -0.3 is 10.1 Å². The quantitative estimate of drug-likeness (QED) is 0.387. The van der Waals surface area contributed by atoms with Gasteiger partial charge in [-0.3, -0.25) is 14.3 Å². The minimum atomic E-state index is -4.86. The summed E-state index contributed by atoms with van der Waals surface area (Å²) < 4.78 is 62.0. The SMILES string of the molecule is Cc1cc(Oc2ccc(NC(=O)c3ncn(-c4ccccc4)c3C(F)(F)F)cc2F)ccn1. The Kier molecular flexibility index (Phi) is 5.82. The van der Waals surface area contributed by atoms with Crippen molar-refractivity contribution < 1.29 is 27.1 Å². The molecule has 168 valence electrons. The number of rotatable bonds is 5. The zero-order chi connectivity index (χ0) is 23.6. The molecule has 0 atom stereocenters. The van der Waals surface area contributed by atoms with Crippen LogP contribution in [0, 0.1) is 12.7 Å². The van der Waals surface area contributed by atoms with E-state index in [9.17, 15) is 22.4 Å². The van der Waals surface area contributed by atoms with Gasteiger partial charge >= 0.3 is 6.18 Å². The van der Waals surface area contributed by atoms with Crippen molar-refractivity contribution in [1.82, 2.24) is 14.5 Å². The lowest BCUT2D eigenvalue weighted by atomic mass is 10.2. The molecular formula is C23H16F4N4O2. The van der Waals surface area contributed by atoms with Gasteiger partial charge in [-0.15, -0.1) is 0 Å². The molecule has 0 saturated carbocycles. The van der Waals surface area contributed by atoms with Gasteiger partial charge in [0, 0.05) is 35.4 Å². The Balaban J connectivity index is 1.59. The number of para-hydroxylation sites is 1. The molecule has 0 radical (unpaired) electrons. The summed E-state index contributed by atoms with van der Waals surface area (Å²) in [5, 5.41) is 2.26. The number of aromatic nitrogens is 3. The average Bonchev–Trinajstić information content (AvgIpc) is 3.23. The lowest BCUT2D eigenvalue weighted by Crippen LogP contribution is -2.21. The highest BCUT2D eigenvalue weighted by atomic mass is 19.4. The Morgan fingerprint density at radius 3 is 2.45 bits per heavy atom. The second kappa shape index (κ2) is 8.73. The van der Waals surface area contributed by atoms with Gasteiger partial charge in [-0.25, -0.2) is 9.37 Å². The fraction of sp³-hybridized carbons (Fsp3) is 0.0870. The van der Waals surface area contributed by atoms with E-state index in [4.69, 9.17) is 4.74 Å². The van der Waals surface area contributed by atoms with Gasteiger partial charge in [0.2, 0.25) is 0 Å². The highest BCUT2D eigenvalue weighted by Crippen LogP contribution is 2.34. The molecule has 2 aromatic carbocycles. The molecule has 1 N–H and O–H groups in total. The van der Waals surface area contributed by atoms with Crippen LogP contribution < -0.4 is 10.1 Å². The molecule has 0 aliphatic rings. The van der Waals surface area contributed by atoms with E-state index >= 15 is 0 Å². The number of imidazole rings is 1. The standard InChI is InChI=1S/C23H16F4N4O2/c1-14-11-17(9-10-28-14)33-19-8-7-15(12-18(19)24)30-22(32)20-21(23(25,26)27)31(13-29-20)16-5-3-2-4-6-16/h2-13H,1H3,(H,30,32). The molecule has 0 aliphatic carbocycles. The number of alkyl halides is 3. The van der Waals surface area contributed by atoms with Crippen LogP contribution in [0.4, 0.5) is 23.2 Å². The highest BCUT2D eigenvalue weighted by molar-refractivity contribution is 6.04. The molecule has 33 heavy (non-hydrogen) atoms. The van der Waals surface area contributed by atoms with Gasteiger partial charge in [-0.05, 0) is 37.3 Å². The minimum absolute atomic E-state index is 0.0573. The Morgan fingerprint density at radius 1 is 1.03 bits per heavy atom. The predicted molar refractivity (Wildman–Crippen MR) is 112 cm³/mol. The van der Waals surface area contributed by atoms with Crippen molar-refractivity contribution in [3.63, 3.8) is 0 Å². The number of hydrogen-bond donors (Lipinski definition) is 1. The summed E-state index contributed by atoms with van der Waals surface area (Å²) in [7, 11) is 0. The molecule has 2 aromatic heterocycles. The number of ether oxygens (including phenoxy) is 1. The molecule has 0 fully saturated rings. The normalized spacial score (nSPS) is 11.3. The van der Waals surface area contributed by atoms with E-state index in [1.165, 1.54) is 30.5 Å². The van der Waals surface area contributed by atoms with Crippen LogP contribution in [0.3, 0.4) is 0 Å². The Labute approximate surface area is 185 Å². The summed E-state index contributed by atoms with van der Waals surface area (Å²) in [6, 6.07) is 14.4. The van der Waals surface area contributed by atoms with E-state index in [2.05, 4.69) is 15.3 Å². The number of amides is 1. The van der Waals surface area contributed by atoms with Gasteiger partial charge in [0.15, 0.2) is 23.0 Å². The van der Waals surface area contributed by atoms with Crippen LogP contribution in [0.5, 0.6) is 11.5 Å². The van der Waals surface area contributed by atoms with Crippen LogP contribution in [0.25, 0.3) is 5.69 Å². The minimum Gasteiger partial charge on any atom is -0.454 e. The van der Waals surface area contributed by atoms with Crippen LogP contribution in [0.15, 0.2) is 73.2 Å². The first-order chi connectivity index (χ1) is 15.7. The predicted octanol–water partition coefficient (Wildman–Crippen LogP) is 5.78. The number of aryl methyl sites for hydroxylation is 1. The molecule has 0 spiro atoms. The van der Waals surface area contributed by atoms with Crippen molar-refractivity contribution in [2.45, 2.75) is 13.1 Å². The molecular weight excluding hydrogens is 440 g/mol. The van der Waals surface area contributed by atoms with Gasteiger partial charge in [-0.2, -0.15) is 13.2 Å². The van der Waals surface area contributed by atoms with E-state index in [1.807, 2.05) is 0 Å². The largest absolute Gasteiger partial charge is 0.454 e. The second-order valence-electron chi connectivity index (χ2n) is 6.98. The fourth-order valence-corrected chi connectivity index (χ4v) is 3.13. The number of hydrogen-bond acceptors (Lipinski definition) is 4. The molecule has 4 aromatic rings. The summed E-state index contributed by atoms with van der Waals surface area (Å²) in [5.41, 5.74) is -1.26. The zero-order valence-electron chi connectivity index (χ0n) is 17.1. The number of carbonyl (C=O) groups is 1. The topological polar surface area (TPSA) is 69.0 Å². The maximum absolute atomic E-state index is 14.5. The number of nitrogens with zero attached hydrogens (tertiary/aromatic N) is 3. The summed E-state index contributed by atoms with van der Waals surface area (Å²) in [5.74, 6) is -1.70. The second-order valence-corrected chi connectivity index (χ2v) is 6.98. The Bertz CT molecular complexity index is 1300. The van der Waals surface area contributed by atoms with Crippen LogP contribution in [-0.4, -0.2) is 20.4 Å². The van der Waals surface area contributed by atoms with Crippen LogP contribution >= 0.6 is 0 Å². The Morgan fingerprint density at radius 2 is 1.79 bits per heavy atom. The van der Waals surface area contributed by atoms with E-state index < -0.39 is 29.3 Å². The first-order valence-electron chi connectivity index (χ1n) is 9.64.